The molecule has 0 radical (unpaired) electrons. The first-order valence-corrected chi connectivity index (χ1v) is 14.3. The molecule has 1 fully saturated rings. The Bertz CT molecular complexity index is 1270. The molecule has 1 N–H and O–H groups in total. The van der Waals surface area contributed by atoms with Crippen molar-refractivity contribution < 1.29 is 26.4 Å². The van der Waals surface area contributed by atoms with Crippen molar-refractivity contribution in [2.24, 2.45) is 0 Å². The second-order valence-electron chi connectivity index (χ2n) is 8.56. The van der Waals surface area contributed by atoms with Gasteiger partial charge in [-0.05, 0) is 41.8 Å². The number of sulfonamides is 2. The second kappa shape index (κ2) is 10.8. The van der Waals surface area contributed by atoms with Crippen molar-refractivity contribution in [2.45, 2.75) is 30.8 Å². The van der Waals surface area contributed by atoms with Crippen molar-refractivity contribution in [2.75, 3.05) is 37.7 Å². The molecule has 2 aromatic rings. The molecule has 0 spiro atoms. The predicted octanol–water partition coefficient (Wildman–Crippen LogP) is 1.14. The zero-order valence-corrected chi connectivity index (χ0v) is 21.6. The number of rotatable bonds is 10. The van der Waals surface area contributed by atoms with E-state index in [1.54, 1.807) is 0 Å². The average molecular weight is 523 g/mol. The van der Waals surface area contributed by atoms with Crippen molar-refractivity contribution in [1.82, 2.24) is 14.5 Å². The highest BCUT2D eigenvalue weighted by Gasteiger charge is 2.23. The third-order valence-electron chi connectivity index (χ3n) is 5.65. The van der Waals surface area contributed by atoms with Crippen molar-refractivity contribution in [1.29, 1.82) is 0 Å². The van der Waals surface area contributed by atoms with Crippen LogP contribution in [0.4, 0.5) is 5.69 Å². The van der Waals surface area contributed by atoms with E-state index in [1.165, 1.54) is 38.4 Å². The molecular weight excluding hydrogens is 492 g/mol. The number of anilines is 1. The third kappa shape index (κ3) is 6.80. The number of benzene rings is 2. The molecule has 3 rings (SSSR count). The van der Waals surface area contributed by atoms with E-state index in [0.29, 0.717) is 13.0 Å². The normalized spacial score (nSPS) is 14.4. The van der Waals surface area contributed by atoms with Gasteiger partial charge in [0.15, 0.2) is 0 Å². The number of likely N-dealkylation sites (tertiary alicyclic amines) is 1. The smallest absolute Gasteiger partial charge is 0.242 e. The first-order valence-electron chi connectivity index (χ1n) is 11.0. The highest BCUT2D eigenvalue weighted by molar-refractivity contribution is 7.92. The van der Waals surface area contributed by atoms with Gasteiger partial charge in [-0.3, -0.25) is 13.9 Å². The molecule has 0 aromatic heterocycles. The van der Waals surface area contributed by atoms with E-state index >= 15 is 0 Å². The molecule has 1 aliphatic rings. The lowest BCUT2D eigenvalue weighted by Crippen LogP contribution is -2.40. The fraction of sp³-hybridized carbons (Fsp3) is 0.391. The standard InChI is InChI=1S/C23H30N4O6S2/c1-25(2)35(32,33)21-12-10-20(11-13-21)27(34(3,30)31)17-22(28)24-15-18-6-8-19(9-7-18)16-26-14-4-5-23(26)29/h6-13H,4-5,14-17H2,1-3H3,(H,24,28). The van der Waals surface area contributed by atoms with E-state index in [1.807, 2.05) is 29.2 Å². The maximum absolute atomic E-state index is 12.5. The number of nitrogens with one attached hydrogen (secondary N) is 1. The summed E-state index contributed by atoms with van der Waals surface area (Å²) in [4.78, 5) is 26.1. The van der Waals surface area contributed by atoms with Crippen LogP contribution in [0.5, 0.6) is 0 Å². The lowest BCUT2D eigenvalue weighted by atomic mass is 10.1. The van der Waals surface area contributed by atoms with Gasteiger partial charge in [-0.25, -0.2) is 21.1 Å². The zero-order chi connectivity index (χ0) is 25.8. The van der Waals surface area contributed by atoms with Crippen LogP contribution in [0, 0.1) is 0 Å². The fourth-order valence-corrected chi connectivity index (χ4v) is 5.39. The Morgan fingerprint density at radius 1 is 0.971 bits per heavy atom. The highest BCUT2D eigenvalue weighted by Crippen LogP contribution is 2.21. The summed E-state index contributed by atoms with van der Waals surface area (Å²) < 4.78 is 51.1. The van der Waals surface area contributed by atoms with Gasteiger partial charge in [-0.15, -0.1) is 0 Å². The molecule has 2 amide bonds. The Hall–Kier alpha value is -2.96. The van der Waals surface area contributed by atoms with E-state index in [-0.39, 0.29) is 23.0 Å². The SMILES string of the molecule is CN(C)S(=O)(=O)c1ccc(N(CC(=O)NCc2ccc(CN3CCCC3=O)cc2)S(C)(=O)=O)cc1. The van der Waals surface area contributed by atoms with Crippen LogP contribution in [-0.4, -0.2) is 71.3 Å². The van der Waals surface area contributed by atoms with Gasteiger partial charge in [-0.1, -0.05) is 24.3 Å². The molecule has 0 unspecified atom stereocenters. The van der Waals surface area contributed by atoms with Crippen LogP contribution in [0.2, 0.25) is 0 Å². The van der Waals surface area contributed by atoms with Crippen molar-refractivity contribution in [3.8, 4) is 0 Å². The third-order valence-corrected chi connectivity index (χ3v) is 8.62. The molecule has 2 aromatic carbocycles. The Labute approximate surface area is 206 Å². The predicted molar refractivity (Wildman–Crippen MR) is 132 cm³/mol. The number of hydrogen-bond donors (Lipinski definition) is 1. The molecule has 35 heavy (non-hydrogen) atoms. The minimum absolute atomic E-state index is 0.0155. The first kappa shape index (κ1) is 26.6. The topological polar surface area (TPSA) is 124 Å². The lowest BCUT2D eigenvalue weighted by Gasteiger charge is -2.22. The van der Waals surface area contributed by atoms with Gasteiger partial charge in [-0.2, -0.15) is 0 Å². The summed E-state index contributed by atoms with van der Waals surface area (Å²) in [5.74, 6) is -0.349. The molecular formula is C23H30N4O6S2. The maximum Gasteiger partial charge on any atom is 0.242 e. The van der Waals surface area contributed by atoms with Gasteiger partial charge in [0.2, 0.25) is 31.9 Å². The second-order valence-corrected chi connectivity index (χ2v) is 12.6. The average Bonchev–Trinajstić information content (AvgIpc) is 3.20. The van der Waals surface area contributed by atoms with Crippen LogP contribution in [0.25, 0.3) is 0 Å². The summed E-state index contributed by atoms with van der Waals surface area (Å²) in [5.41, 5.74) is 2.01. The van der Waals surface area contributed by atoms with Crippen LogP contribution >= 0.6 is 0 Å². The van der Waals surface area contributed by atoms with Crippen LogP contribution in [0.3, 0.4) is 0 Å². The van der Waals surface area contributed by atoms with Crippen LogP contribution < -0.4 is 9.62 Å². The Balaban J connectivity index is 1.62. The van der Waals surface area contributed by atoms with Crippen molar-refractivity contribution >= 4 is 37.5 Å². The molecule has 0 saturated carbocycles. The van der Waals surface area contributed by atoms with E-state index in [0.717, 1.165) is 39.0 Å². The summed E-state index contributed by atoms with van der Waals surface area (Å²) in [6, 6.07) is 12.8. The summed E-state index contributed by atoms with van der Waals surface area (Å²) in [7, 11) is -4.66. The van der Waals surface area contributed by atoms with Gasteiger partial charge in [0, 0.05) is 40.2 Å². The molecule has 0 atom stereocenters. The van der Waals surface area contributed by atoms with Crippen molar-refractivity contribution in [3.63, 3.8) is 0 Å². The summed E-state index contributed by atoms with van der Waals surface area (Å²) in [6.45, 7) is 1.08. The number of amides is 2. The summed E-state index contributed by atoms with van der Waals surface area (Å²) in [5, 5.41) is 2.71. The minimum Gasteiger partial charge on any atom is -0.350 e. The Morgan fingerprint density at radius 3 is 2.09 bits per heavy atom. The Morgan fingerprint density at radius 2 is 1.57 bits per heavy atom. The van der Waals surface area contributed by atoms with E-state index < -0.39 is 32.5 Å². The molecule has 12 heteroatoms. The zero-order valence-electron chi connectivity index (χ0n) is 20.0. The molecule has 190 valence electrons. The molecule has 0 aliphatic carbocycles. The van der Waals surface area contributed by atoms with Gasteiger partial charge >= 0.3 is 0 Å². The van der Waals surface area contributed by atoms with Crippen molar-refractivity contribution in [3.05, 3.63) is 59.7 Å². The van der Waals surface area contributed by atoms with Gasteiger partial charge in [0.05, 0.1) is 16.8 Å². The number of hydrogen-bond acceptors (Lipinski definition) is 6. The molecule has 0 bridgehead atoms. The van der Waals surface area contributed by atoms with Crippen LogP contribution in [0.15, 0.2) is 53.4 Å². The van der Waals surface area contributed by atoms with Gasteiger partial charge in [0.25, 0.3) is 0 Å². The fourth-order valence-electron chi connectivity index (χ4n) is 3.64. The molecule has 1 aliphatic heterocycles. The maximum atomic E-state index is 12.5. The van der Waals surface area contributed by atoms with E-state index in [4.69, 9.17) is 0 Å². The Kier molecular flexibility index (Phi) is 8.18. The van der Waals surface area contributed by atoms with E-state index in [2.05, 4.69) is 5.32 Å². The number of nitrogens with zero attached hydrogens (tertiary/aromatic N) is 3. The monoisotopic (exact) mass is 522 g/mol. The van der Waals surface area contributed by atoms with E-state index in [9.17, 15) is 26.4 Å². The molecule has 1 heterocycles. The quantitative estimate of drug-likeness (QED) is 0.499. The van der Waals surface area contributed by atoms with Crippen LogP contribution in [-0.2, 0) is 42.7 Å². The number of carbonyl (C=O) groups excluding carboxylic acids is 2. The lowest BCUT2D eigenvalue weighted by molar-refractivity contribution is -0.128. The van der Waals surface area contributed by atoms with Gasteiger partial charge < -0.3 is 10.2 Å². The summed E-state index contributed by atoms with van der Waals surface area (Å²) >= 11 is 0. The molecule has 1 saturated heterocycles. The molecule has 10 nitrogen and oxygen atoms in total. The number of carbonyl (C=O) groups is 2. The van der Waals surface area contributed by atoms with Crippen LogP contribution in [0.1, 0.15) is 24.0 Å². The minimum atomic E-state index is -3.80. The van der Waals surface area contributed by atoms with Gasteiger partial charge in [0.1, 0.15) is 6.54 Å². The largest absolute Gasteiger partial charge is 0.350 e. The first-order chi connectivity index (χ1) is 16.4. The summed E-state index contributed by atoms with van der Waals surface area (Å²) in [6.07, 6.45) is 2.45. The highest BCUT2D eigenvalue weighted by atomic mass is 32.2.